The number of aryl methyl sites for hydroxylation is 1. The molecule has 10 heteroatoms. The zero-order valence-corrected chi connectivity index (χ0v) is 15.6. The van der Waals surface area contributed by atoms with Crippen molar-refractivity contribution in [3.63, 3.8) is 0 Å². The van der Waals surface area contributed by atoms with Gasteiger partial charge < -0.3 is 4.42 Å². The Morgan fingerprint density at radius 1 is 1.11 bits per heavy atom. The van der Waals surface area contributed by atoms with Gasteiger partial charge in [-0.2, -0.15) is 0 Å². The van der Waals surface area contributed by atoms with Gasteiger partial charge >= 0.3 is 0 Å². The smallest absolute Gasteiger partial charge is 0.273 e. The fraction of sp³-hybridized carbons (Fsp3) is 0.235. The molecule has 2 aromatic rings. The predicted octanol–water partition coefficient (Wildman–Crippen LogP) is 0.920. The van der Waals surface area contributed by atoms with E-state index in [1.807, 2.05) is 0 Å². The summed E-state index contributed by atoms with van der Waals surface area (Å²) >= 11 is 0. The Kier molecular flexibility index (Phi) is 6.48. The number of rotatable bonds is 7. The predicted molar refractivity (Wildman–Crippen MR) is 95.3 cm³/mol. The molecule has 1 aromatic carbocycles. The number of hydrogen-bond acceptors (Lipinski definition) is 6. The standard InChI is InChI=1S/C17H19N3O6S/c1-11(21)13-4-3-5-14(10-13)27(24,25)18-8-6-16(22)19-20-17(23)15-7-9-26-12(15)2/h3-5,7,9-10,18H,6,8H2,1-2H3,(H,19,22)(H,20,23). The third-order valence-electron chi connectivity index (χ3n) is 3.61. The van der Waals surface area contributed by atoms with E-state index in [-0.39, 0.29) is 34.8 Å². The molecule has 144 valence electrons. The number of Topliss-reactive ketones (excluding diaryl/α,β-unsaturated/α-hetero) is 1. The fourth-order valence-electron chi connectivity index (χ4n) is 2.14. The number of carbonyl (C=O) groups excluding carboxylic acids is 3. The molecule has 9 nitrogen and oxygen atoms in total. The molecule has 0 saturated carbocycles. The molecule has 0 fully saturated rings. The van der Waals surface area contributed by atoms with E-state index in [9.17, 15) is 22.8 Å². The lowest BCUT2D eigenvalue weighted by Gasteiger charge is -2.09. The number of hydrogen-bond donors (Lipinski definition) is 3. The minimum atomic E-state index is -3.87. The van der Waals surface area contributed by atoms with Gasteiger partial charge in [0.25, 0.3) is 5.91 Å². The molecule has 0 aliphatic heterocycles. The van der Waals surface area contributed by atoms with Crippen molar-refractivity contribution in [1.29, 1.82) is 0 Å². The van der Waals surface area contributed by atoms with Crippen molar-refractivity contribution >= 4 is 27.6 Å². The van der Waals surface area contributed by atoms with Crippen LogP contribution in [-0.4, -0.2) is 32.6 Å². The lowest BCUT2D eigenvalue weighted by Crippen LogP contribution is -2.42. The van der Waals surface area contributed by atoms with E-state index in [4.69, 9.17) is 4.42 Å². The Hall–Kier alpha value is -2.98. The van der Waals surface area contributed by atoms with Gasteiger partial charge in [-0.1, -0.05) is 12.1 Å². The number of hydrazine groups is 1. The Labute approximate surface area is 156 Å². The SMILES string of the molecule is CC(=O)c1cccc(S(=O)(=O)NCCC(=O)NNC(=O)c2ccoc2C)c1. The van der Waals surface area contributed by atoms with Gasteiger partial charge in [0, 0.05) is 18.5 Å². The maximum Gasteiger partial charge on any atom is 0.273 e. The summed E-state index contributed by atoms with van der Waals surface area (Å²) in [6.45, 7) is 2.76. The highest BCUT2D eigenvalue weighted by Crippen LogP contribution is 2.12. The first-order valence-electron chi connectivity index (χ1n) is 7.94. The Morgan fingerprint density at radius 3 is 2.48 bits per heavy atom. The molecule has 0 unspecified atom stereocenters. The Bertz CT molecular complexity index is 965. The van der Waals surface area contributed by atoms with E-state index in [2.05, 4.69) is 15.6 Å². The third-order valence-corrected chi connectivity index (χ3v) is 5.07. The van der Waals surface area contributed by atoms with Crippen LogP contribution in [0.4, 0.5) is 0 Å². The normalized spacial score (nSPS) is 11.0. The van der Waals surface area contributed by atoms with E-state index in [1.54, 1.807) is 6.92 Å². The summed E-state index contributed by atoms with van der Waals surface area (Å²) in [5.41, 5.74) is 4.95. The van der Waals surface area contributed by atoms with E-state index >= 15 is 0 Å². The van der Waals surface area contributed by atoms with Crippen molar-refractivity contribution in [2.45, 2.75) is 25.2 Å². The molecule has 0 bridgehead atoms. The molecule has 0 saturated heterocycles. The molecule has 0 aliphatic rings. The van der Waals surface area contributed by atoms with Crippen molar-refractivity contribution in [3.8, 4) is 0 Å². The van der Waals surface area contributed by atoms with Crippen LogP contribution in [-0.2, 0) is 14.8 Å². The maximum atomic E-state index is 12.2. The van der Waals surface area contributed by atoms with Crippen LogP contribution in [0.15, 0.2) is 45.9 Å². The van der Waals surface area contributed by atoms with Gasteiger partial charge in [0.1, 0.15) is 5.76 Å². The molecule has 0 aliphatic carbocycles. The van der Waals surface area contributed by atoms with Crippen LogP contribution >= 0.6 is 0 Å². The summed E-state index contributed by atoms with van der Waals surface area (Å²) in [6, 6.07) is 7.05. The third kappa shape index (κ3) is 5.50. The van der Waals surface area contributed by atoms with E-state index < -0.39 is 21.8 Å². The van der Waals surface area contributed by atoms with Crippen LogP contribution in [0.25, 0.3) is 0 Å². The summed E-state index contributed by atoms with van der Waals surface area (Å²) in [5.74, 6) is -0.974. The number of ketones is 1. The van der Waals surface area contributed by atoms with Crippen LogP contribution in [0.5, 0.6) is 0 Å². The minimum Gasteiger partial charge on any atom is -0.469 e. The summed E-state index contributed by atoms with van der Waals surface area (Å²) < 4.78 is 31.7. The molecule has 1 heterocycles. The first-order valence-corrected chi connectivity index (χ1v) is 9.43. The second-order valence-corrected chi connectivity index (χ2v) is 7.39. The largest absolute Gasteiger partial charge is 0.469 e. The molecule has 0 atom stereocenters. The molecule has 1 aromatic heterocycles. The van der Waals surface area contributed by atoms with Gasteiger partial charge in [-0.05, 0) is 32.0 Å². The molecule has 27 heavy (non-hydrogen) atoms. The van der Waals surface area contributed by atoms with Crippen LogP contribution in [0.3, 0.4) is 0 Å². The minimum absolute atomic E-state index is 0.0701. The van der Waals surface area contributed by atoms with Crippen LogP contribution in [0.1, 0.15) is 39.8 Å². The van der Waals surface area contributed by atoms with Crippen LogP contribution in [0.2, 0.25) is 0 Å². The number of sulfonamides is 1. The molecule has 3 N–H and O–H groups in total. The quantitative estimate of drug-likeness (QED) is 0.473. The lowest BCUT2D eigenvalue weighted by molar-refractivity contribution is -0.121. The first-order chi connectivity index (χ1) is 12.7. The lowest BCUT2D eigenvalue weighted by atomic mass is 10.2. The van der Waals surface area contributed by atoms with E-state index in [0.717, 1.165) is 0 Å². The monoisotopic (exact) mass is 393 g/mol. The van der Waals surface area contributed by atoms with Gasteiger partial charge in [-0.3, -0.25) is 25.2 Å². The van der Waals surface area contributed by atoms with Crippen LogP contribution in [0, 0.1) is 6.92 Å². The van der Waals surface area contributed by atoms with E-state index in [1.165, 1.54) is 43.5 Å². The highest BCUT2D eigenvalue weighted by molar-refractivity contribution is 7.89. The Morgan fingerprint density at radius 2 is 1.85 bits per heavy atom. The van der Waals surface area contributed by atoms with Crippen molar-refractivity contribution in [1.82, 2.24) is 15.6 Å². The van der Waals surface area contributed by atoms with Gasteiger partial charge in [0.2, 0.25) is 15.9 Å². The van der Waals surface area contributed by atoms with Crippen molar-refractivity contribution in [2.75, 3.05) is 6.54 Å². The number of amides is 2. The maximum absolute atomic E-state index is 12.2. The molecular weight excluding hydrogens is 374 g/mol. The summed E-state index contributed by atoms with van der Waals surface area (Å²) in [4.78, 5) is 34.8. The van der Waals surface area contributed by atoms with Crippen molar-refractivity contribution in [2.24, 2.45) is 0 Å². The zero-order chi connectivity index (χ0) is 20.0. The zero-order valence-electron chi connectivity index (χ0n) is 14.7. The second kappa shape index (κ2) is 8.60. The second-order valence-electron chi connectivity index (χ2n) is 5.62. The van der Waals surface area contributed by atoms with Gasteiger partial charge in [-0.25, -0.2) is 13.1 Å². The highest BCUT2D eigenvalue weighted by Gasteiger charge is 2.16. The summed E-state index contributed by atoms with van der Waals surface area (Å²) in [5, 5.41) is 0. The van der Waals surface area contributed by atoms with Crippen molar-refractivity contribution in [3.05, 3.63) is 53.5 Å². The summed E-state index contributed by atoms with van der Waals surface area (Å²) in [6.07, 6.45) is 1.15. The number of carbonyl (C=O) groups is 3. The number of benzene rings is 1. The fourth-order valence-corrected chi connectivity index (χ4v) is 3.22. The van der Waals surface area contributed by atoms with E-state index in [0.29, 0.717) is 5.76 Å². The topological polar surface area (TPSA) is 135 Å². The molecule has 2 amide bonds. The van der Waals surface area contributed by atoms with Gasteiger partial charge in [0.05, 0.1) is 16.7 Å². The average Bonchev–Trinajstić information content (AvgIpc) is 3.05. The van der Waals surface area contributed by atoms with Gasteiger partial charge in [0.15, 0.2) is 5.78 Å². The first kappa shape index (κ1) is 20.3. The molecule has 2 rings (SSSR count). The number of furan rings is 1. The van der Waals surface area contributed by atoms with Crippen LogP contribution < -0.4 is 15.6 Å². The highest BCUT2D eigenvalue weighted by atomic mass is 32.2. The van der Waals surface area contributed by atoms with Gasteiger partial charge in [-0.15, -0.1) is 0 Å². The average molecular weight is 393 g/mol. The molecule has 0 radical (unpaired) electrons. The Balaban J connectivity index is 1.83. The summed E-state index contributed by atoms with van der Waals surface area (Å²) in [7, 11) is -3.87. The number of nitrogens with one attached hydrogen (secondary N) is 3. The molecular formula is C17H19N3O6S. The molecule has 0 spiro atoms. The van der Waals surface area contributed by atoms with Crippen molar-refractivity contribution < 1.29 is 27.2 Å².